The lowest BCUT2D eigenvalue weighted by atomic mass is 9.96. The first-order chi connectivity index (χ1) is 13.6. The molecular weight excluding hydrogens is 368 g/mol. The molecule has 3 aromatic carbocycles. The third-order valence-corrected chi connectivity index (χ3v) is 6.92. The van der Waals surface area contributed by atoms with Crippen molar-refractivity contribution in [1.29, 1.82) is 0 Å². The number of nitrogens with one attached hydrogen (secondary N) is 2. The molecule has 0 radical (unpaired) electrons. The molecule has 1 aliphatic heterocycles. The van der Waals surface area contributed by atoms with Crippen molar-refractivity contribution in [1.82, 2.24) is 4.72 Å². The average Bonchev–Trinajstić information content (AvgIpc) is 2.75. The molecule has 0 aliphatic carbocycles. The van der Waals surface area contributed by atoms with Crippen LogP contribution in [0.3, 0.4) is 0 Å². The Morgan fingerprint density at radius 1 is 0.821 bits per heavy atom. The van der Waals surface area contributed by atoms with Gasteiger partial charge in [-0.15, -0.1) is 0 Å². The van der Waals surface area contributed by atoms with E-state index in [2.05, 4.69) is 41.1 Å². The monoisotopic (exact) mass is 393 g/mol. The first-order valence-electron chi connectivity index (χ1n) is 9.64. The predicted molar refractivity (Wildman–Crippen MR) is 110 cm³/mol. The van der Waals surface area contributed by atoms with E-state index in [1.54, 1.807) is 24.3 Å². The number of rotatable bonds is 6. The van der Waals surface area contributed by atoms with Crippen molar-refractivity contribution in [2.75, 3.05) is 13.1 Å². The minimum absolute atomic E-state index is 0.0630. The zero-order chi connectivity index (χ0) is 19.4. The summed E-state index contributed by atoms with van der Waals surface area (Å²) in [4.78, 5) is 1.70. The van der Waals surface area contributed by atoms with Gasteiger partial charge in [0.2, 0.25) is 10.0 Å². The Morgan fingerprint density at radius 2 is 1.43 bits per heavy atom. The number of sulfonamides is 1. The van der Waals surface area contributed by atoms with Crippen LogP contribution >= 0.6 is 0 Å². The van der Waals surface area contributed by atoms with E-state index in [9.17, 15) is 8.42 Å². The molecule has 4 rings (SSSR count). The van der Waals surface area contributed by atoms with Crippen LogP contribution in [0.1, 0.15) is 22.7 Å². The maximum absolute atomic E-state index is 12.7. The molecule has 2 N–H and O–H groups in total. The molecule has 4 nitrogen and oxygen atoms in total. The van der Waals surface area contributed by atoms with E-state index >= 15 is 0 Å². The summed E-state index contributed by atoms with van der Waals surface area (Å²) in [5.41, 5.74) is 3.92. The zero-order valence-corrected chi connectivity index (χ0v) is 16.5. The zero-order valence-electron chi connectivity index (χ0n) is 15.7. The number of fused-ring (bicyclic) bond motifs is 1. The predicted octanol–water partition coefficient (Wildman–Crippen LogP) is 2.35. The largest absolute Gasteiger partial charge is 0.324 e. The highest BCUT2D eigenvalue weighted by atomic mass is 32.2. The summed E-state index contributed by atoms with van der Waals surface area (Å²) in [6.07, 6.45) is 1.01. The van der Waals surface area contributed by atoms with Gasteiger partial charge in [-0.3, -0.25) is 0 Å². The van der Waals surface area contributed by atoms with Gasteiger partial charge in [-0.25, -0.2) is 13.1 Å². The highest BCUT2D eigenvalue weighted by Gasteiger charge is 2.29. The molecule has 2 atom stereocenters. The quantitative estimate of drug-likeness (QED) is 0.675. The highest BCUT2D eigenvalue weighted by molar-refractivity contribution is 7.89. The van der Waals surface area contributed by atoms with Gasteiger partial charge in [0.1, 0.15) is 12.6 Å². The van der Waals surface area contributed by atoms with Crippen LogP contribution in [0.5, 0.6) is 0 Å². The summed E-state index contributed by atoms with van der Waals surface area (Å²) in [6.45, 7) is 2.27. The van der Waals surface area contributed by atoms with E-state index in [0.717, 1.165) is 25.1 Å². The molecule has 0 saturated heterocycles. The summed E-state index contributed by atoms with van der Waals surface area (Å²) in [5, 5.41) is 0. The Labute approximate surface area is 166 Å². The molecule has 0 spiro atoms. The summed E-state index contributed by atoms with van der Waals surface area (Å²) in [6, 6.07) is 27.4. The van der Waals surface area contributed by atoms with Gasteiger partial charge in [0.25, 0.3) is 0 Å². The molecule has 28 heavy (non-hydrogen) atoms. The summed E-state index contributed by atoms with van der Waals surface area (Å²) in [7, 11) is -3.53. The first-order valence-corrected chi connectivity index (χ1v) is 11.1. The second kappa shape index (κ2) is 8.27. The summed E-state index contributed by atoms with van der Waals surface area (Å²) >= 11 is 0. The van der Waals surface area contributed by atoms with E-state index < -0.39 is 10.0 Å². The lowest BCUT2D eigenvalue weighted by Crippen LogP contribution is -3.12. The van der Waals surface area contributed by atoms with Crippen molar-refractivity contribution in [3.63, 3.8) is 0 Å². The number of benzene rings is 3. The maximum atomic E-state index is 12.7. The number of hydrogen-bond acceptors (Lipinski definition) is 2. The lowest BCUT2D eigenvalue weighted by molar-refractivity contribution is -0.945. The molecule has 144 valence electrons. The Kier molecular flexibility index (Phi) is 5.57. The normalized spacial score (nSPS) is 17.6. The van der Waals surface area contributed by atoms with E-state index in [0.29, 0.717) is 11.4 Å². The Morgan fingerprint density at radius 3 is 2.14 bits per heavy atom. The van der Waals surface area contributed by atoms with Crippen molar-refractivity contribution < 1.29 is 13.3 Å². The minimum Gasteiger partial charge on any atom is -0.324 e. The molecule has 5 heteroatoms. The van der Waals surface area contributed by atoms with Gasteiger partial charge in [-0.2, -0.15) is 0 Å². The summed E-state index contributed by atoms with van der Waals surface area (Å²) < 4.78 is 28.3. The molecule has 0 bridgehead atoms. The molecule has 1 unspecified atom stereocenters. The third-order valence-electron chi connectivity index (χ3n) is 5.48. The molecule has 0 amide bonds. The fourth-order valence-corrected chi connectivity index (χ4v) is 5.03. The van der Waals surface area contributed by atoms with Gasteiger partial charge >= 0.3 is 0 Å². The SMILES string of the molecule is O=S(=O)(NC[C@H](c1ccccc1)[NH+]1CCc2ccccc2C1)c1ccccc1. The molecule has 3 aromatic rings. The number of hydrogen-bond donors (Lipinski definition) is 2. The van der Waals surface area contributed by atoms with Crippen molar-refractivity contribution >= 4 is 10.0 Å². The van der Waals surface area contributed by atoms with Crippen molar-refractivity contribution in [2.45, 2.75) is 23.9 Å². The second-order valence-corrected chi connectivity index (χ2v) is 9.00. The fraction of sp³-hybridized carbons (Fsp3) is 0.217. The van der Waals surface area contributed by atoms with Crippen LogP contribution in [-0.4, -0.2) is 21.5 Å². The van der Waals surface area contributed by atoms with Crippen molar-refractivity contribution in [3.8, 4) is 0 Å². The molecule has 0 fully saturated rings. The molecule has 1 aliphatic rings. The van der Waals surface area contributed by atoms with Gasteiger partial charge in [-0.1, -0.05) is 72.8 Å². The standard InChI is InChI=1S/C23H24N2O2S/c26-28(27,22-13-5-2-6-14-22)24-17-23(20-10-3-1-4-11-20)25-16-15-19-9-7-8-12-21(19)18-25/h1-14,23-24H,15-18H2/p+1/t23-/m1/s1. The second-order valence-electron chi connectivity index (χ2n) is 7.23. The van der Waals surface area contributed by atoms with Gasteiger partial charge < -0.3 is 4.90 Å². The minimum atomic E-state index is -3.53. The third kappa shape index (κ3) is 4.17. The fourth-order valence-electron chi connectivity index (χ4n) is 3.96. The van der Waals surface area contributed by atoms with E-state index in [1.165, 1.54) is 16.0 Å². The van der Waals surface area contributed by atoms with Crippen LogP contribution in [0.25, 0.3) is 0 Å². The van der Waals surface area contributed by atoms with Crippen molar-refractivity contribution in [2.24, 2.45) is 0 Å². The van der Waals surface area contributed by atoms with Crippen LogP contribution in [0.4, 0.5) is 0 Å². The van der Waals surface area contributed by atoms with E-state index in [1.807, 2.05) is 24.3 Å². The molecule has 0 aromatic heterocycles. The lowest BCUT2D eigenvalue weighted by Gasteiger charge is -2.33. The van der Waals surface area contributed by atoms with E-state index in [-0.39, 0.29) is 6.04 Å². The van der Waals surface area contributed by atoms with Crippen LogP contribution in [-0.2, 0) is 23.0 Å². The van der Waals surface area contributed by atoms with Crippen LogP contribution in [0.15, 0.2) is 89.8 Å². The molecular formula is C23H25N2O2S+. The molecule has 0 saturated carbocycles. The van der Waals surface area contributed by atoms with Gasteiger partial charge in [0.05, 0.1) is 18.0 Å². The maximum Gasteiger partial charge on any atom is 0.240 e. The Balaban J connectivity index is 1.57. The number of quaternary nitrogens is 1. The van der Waals surface area contributed by atoms with Crippen LogP contribution < -0.4 is 9.62 Å². The smallest absolute Gasteiger partial charge is 0.240 e. The summed E-state index contributed by atoms with van der Waals surface area (Å²) in [5.74, 6) is 0. The van der Waals surface area contributed by atoms with Crippen LogP contribution in [0, 0.1) is 0 Å². The first kappa shape index (κ1) is 18.9. The van der Waals surface area contributed by atoms with Gasteiger partial charge in [-0.05, 0) is 17.7 Å². The average molecular weight is 394 g/mol. The van der Waals surface area contributed by atoms with E-state index in [4.69, 9.17) is 0 Å². The van der Waals surface area contributed by atoms with Gasteiger partial charge in [0.15, 0.2) is 0 Å². The molecule has 1 heterocycles. The highest BCUT2D eigenvalue weighted by Crippen LogP contribution is 2.16. The van der Waals surface area contributed by atoms with Gasteiger partial charge in [0, 0.05) is 17.5 Å². The topological polar surface area (TPSA) is 50.6 Å². The Bertz CT molecular complexity index is 1020. The van der Waals surface area contributed by atoms with Crippen molar-refractivity contribution in [3.05, 3.63) is 102 Å². The van der Waals surface area contributed by atoms with Crippen LogP contribution in [0.2, 0.25) is 0 Å². The Hall–Kier alpha value is -2.47.